The van der Waals surface area contributed by atoms with Crippen molar-refractivity contribution in [2.24, 2.45) is 0 Å². The lowest BCUT2D eigenvalue weighted by atomic mass is 10.0. The second-order valence-corrected chi connectivity index (χ2v) is 6.85. The van der Waals surface area contributed by atoms with E-state index >= 15 is 0 Å². The highest BCUT2D eigenvalue weighted by Gasteiger charge is 1.96. The van der Waals surface area contributed by atoms with Crippen LogP contribution in [0.25, 0.3) is 0 Å². The summed E-state index contributed by atoms with van der Waals surface area (Å²) in [5, 5.41) is 0. The van der Waals surface area contributed by atoms with Gasteiger partial charge < -0.3 is 4.90 Å². The van der Waals surface area contributed by atoms with Gasteiger partial charge in [-0.1, -0.05) is 104 Å². The molecule has 0 unspecified atom stereocenters. The Bertz CT molecular complexity index is 179. The van der Waals surface area contributed by atoms with Crippen LogP contribution < -0.4 is 0 Å². The molecule has 0 aromatic heterocycles. The van der Waals surface area contributed by atoms with E-state index in [0.29, 0.717) is 0 Å². The SMILES string of the molecule is CCCCCCCCCCCCCCCCCN(C)CC. The third kappa shape index (κ3) is 17.9. The highest BCUT2D eigenvalue weighted by atomic mass is 15.1. The zero-order chi connectivity index (χ0) is 15.6. The molecule has 0 saturated heterocycles. The zero-order valence-electron chi connectivity index (χ0n) is 15.5. The topological polar surface area (TPSA) is 3.24 Å². The first-order valence-electron chi connectivity index (χ1n) is 9.99. The van der Waals surface area contributed by atoms with Gasteiger partial charge in [-0.15, -0.1) is 0 Å². The minimum atomic E-state index is 1.19. The van der Waals surface area contributed by atoms with E-state index in [-0.39, 0.29) is 0 Å². The number of unbranched alkanes of at least 4 members (excludes halogenated alkanes) is 14. The van der Waals surface area contributed by atoms with Crippen LogP contribution >= 0.6 is 0 Å². The van der Waals surface area contributed by atoms with E-state index in [1.54, 1.807) is 0 Å². The molecule has 0 spiro atoms. The van der Waals surface area contributed by atoms with Crippen LogP contribution in [0.1, 0.15) is 110 Å². The summed E-state index contributed by atoms with van der Waals surface area (Å²) in [6.45, 7) is 7.02. The summed E-state index contributed by atoms with van der Waals surface area (Å²) in [6, 6.07) is 0. The van der Waals surface area contributed by atoms with Crippen molar-refractivity contribution in [3.8, 4) is 0 Å². The van der Waals surface area contributed by atoms with Crippen molar-refractivity contribution < 1.29 is 0 Å². The molecule has 1 nitrogen and oxygen atoms in total. The standard InChI is InChI=1S/C20H43N/c1-4-6-7-8-9-10-11-12-13-14-15-16-17-18-19-20-21(3)5-2/h4-20H2,1-3H3. The van der Waals surface area contributed by atoms with Crippen molar-refractivity contribution in [2.75, 3.05) is 20.1 Å². The average molecular weight is 298 g/mol. The molecule has 0 radical (unpaired) electrons. The van der Waals surface area contributed by atoms with E-state index in [0.717, 1.165) is 0 Å². The summed E-state index contributed by atoms with van der Waals surface area (Å²) in [5.74, 6) is 0. The molecule has 0 atom stereocenters. The quantitative estimate of drug-likeness (QED) is 0.266. The molecule has 0 aliphatic rings. The Morgan fingerprint density at radius 1 is 0.476 bits per heavy atom. The largest absolute Gasteiger partial charge is 0.307 e. The first kappa shape index (κ1) is 21.0. The Labute approximate surface area is 135 Å². The predicted octanol–water partition coefficient (Wildman–Crippen LogP) is 6.81. The second-order valence-electron chi connectivity index (χ2n) is 6.85. The van der Waals surface area contributed by atoms with Gasteiger partial charge in [-0.05, 0) is 26.6 Å². The van der Waals surface area contributed by atoms with Gasteiger partial charge in [-0.2, -0.15) is 0 Å². The molecule has 0 aliphatic carbocycles. The van der Waals surface area contributed by atoms with Crippen LogP contribution in [0.2, 0.25) is 0 Å². The Hall–Kier alpha value is -0.0400. The molecule has 0 amide bonds. The molecule has 0 aromatic carbocycles. The summed E-state index contributed by atoms with van der Waals surface area (Å²) in [7, 11) is 2.23. The fraction of sp³-hybridized carbons (Fsp3) is 1.00. The van der Waals surface area contributed by atoms with Crippen molar-refractivity contribution >= 4 is 0 Å². The lowest BCUT2D eigenvalue weighted by Crippen LogP contribution is -2.18. The molecule has 1 heteroatoms. The fourth-order valence-corrected chi connectivity index (χ4v) is 2.91. The van der Waals surface area contributed by atoms with Crippen LogP contribution in [0.3, 0.4) is 0 Å². The third-order valence-corrected chi connectivity index (χ3v) is 4.68. The molecule has 21 heavy (non-hydrogen) atoms. The lowest BCUT2D eigenvalue weighted by molar-refractivity contribution is 0.340. The molecular weight excluding hydrogens is 254 g/mol. The smallest absolute Gasteiger partial charge is 0.00219 e. The van der Waals surface area contributed by atoms with E-state index in [1.165, 1.54) is 109 Å². The van der Waals surface area contributed by atoms with Crippen LogP contribution in [0, 0.1) is 0 Å². The molecule has 0 saturated carbocycles. The van der Waals surface area contributed by atoms with E-state index in [9.17, 15) is 0 Å². The minimum Gasteiger partial charge on any atom is -0.307 e. The summed E-state index contributed by atoms with van der Waals surface area (Å²) in [5.41, 5.74) is 0. The van der Waals surface area contributed by atoms with Crippen molar-refractivity contribution in [2.45, 2.75) is 110 Å². The van der Waals surface area contributed by atoms with Crippen LogP contribution in [0.5, 0.6) is 0 Å². The Kier molecular flexibility index (Phi) is 18.0. The molecule has 0 fully saturated rings. The second kappa shape index (κ2) is 18.0. The van der Waals surface area contributed by atoms with Crippen LogP contribution in [-0.2, 0) is 0 Å². The number of nitrogens with zero attached hydrogens (tertiary/aromatic N) is 1. The van der Waals surface area contributed by atoms with E-state index < -0.39 is 0 Å². The molecule has 0 N–H and O–H groups in total. The zero-order valence-corrected chi connectivity index (χ0v) is 15.5. The maximum absolute atomic E-state index is 2.42. The normalized spacial score (nSPS) is 11.4. The minimum absolute atomic E-state index is 1.19. The van der Waals surface area contributed by atoms with Gasteiger partial charge in [0.05, 0.1) is 0 Å². The van der Waals surface area contributed by atoms with Crippen molar-refractivity contribution in [1.82, 2.24) is 4.90 Å². The van der Waals surface area contributed by atoms with Gasteiger partial charge in [0.2, 0.25) is 0 Å². The van der Waals surface area contributed by atoms with Gasteiger partial charge in [-0.25, -0.2) is 0 Å². The molecule has 128 valence electrons. The summed E-state index contributed by atoms with van der Waals surface area (Å²) in [4.78, 5) is 2.42. The monoisotopic (exact) mass is 297 g/mol. The van der Waals surface area contributed by atoms with Gasteiger partial charge in [-0.3, -0.25) is 0 Å². The first-order valence-corrected chi connectivity index (χ1v) is 9.99. The summed E-state index contributed by atoms with van der Waals surface area (Å²) >= 11 is 0. The van der Waals surface area contributed by atoms with E-state index in [1.807, 2.05) is 0 Å². The van der Waals surface area contributed by atoms with Gasteiger partial charge in [0, 0.05) is 0 Å². The van der Waals surface area contributed by atoms with E-state index in [2.05, 4.69) is 25.8 Å². The fourth-order valence-electron chi connectivity index (χ4n) is 2.91. The first-order chi connectivity index (χ1) is 10.3. The third-order valence-electron chi connectivity index (χ3n) is 4.68. The molecule has 0 bridgehead atoms. The summed E-state index contributed by atoms with van der Waals surface area (Å²) < 4.78 is 0. The highest BCUT2D eigenvalue weighted by molar-refractivity contribution is 4.51. The maximum atomic E-state index is 2.42. The lowest BCUT2D eigenvalue weighted by Gasteiger charge is -2.12. The van der Waals surface area contributed by atoms with Crippen LogP contribution in [0.4, 0.5) is 0 Å². The molecule has 0 heterocycles. The Balaban J connectivity index is 2.96. The van der Waals surface area contributed by atoms with Gasteiger partial charge in [0.1, 0.15) is 0 Å². The van der Waals surface area contributed by atoms with E-state index in [4.69, 9.17) is 0 Å². The Morgan fingerprint density at radius 3 is 1.14 bits per heavy atom. The van der Waals surface area contributed by atoms with Gasteiger partial charge in [0.15, 0.2) is 0 Å². The highest BCUT2D eigenvalue weighted by Crippen LogP contribution is 2.13. The average Bonchev–Trinajstić information content (AvgIpc) is 2.50. The number of hydrogen-bond donors (Lipinski definition) is 0. The predicted molar refractivity (Wildman–Crippen MR) is 98.1 cm³/mol. The number of rotatable bonds is 17. The van der Waals surface area contributed by atoms with Crippen molar-refractivity contribution in [1.29, 1.82) is 0 Å². The van der Waals surface area contributed by atoms with Gasteiger partial charge in [0.25, 0.3) is 0 Å². The molecule has 0 aromatic rings. The Morgan fingerprint density at radius 2 is 0.810 bits per heavy atom. The summed E-state index contributed by atoms with van der Waals surface area (Å²) in [6.07, 6.45) is 21.8. The van der Waals surface area contributed by atoms with Crippen molar-refractivity contribution in [3.05, 3.63) is 0 Å². The van der Waals surface area contributed by atoms with Gasteiger partial charge >= 0.3 is 0 Å². The van der Waals surface area contributed by atoms with Crippen molar-refractivity contribution in [3.63, 3.8) is 0 Å². The molecule has 0 rings (SSSR count). The number of hydrogen-bond acceptors (Lipinski definition) is 1. The van der Waals surface area contributed by atoms with Crippen LogP contribution in [0.15, 0.2) is 0 Å². The molecule has 0 aliphatic heterocycles. The van der Waals surface area contributed by atoms with Crippen LogP contribution in [-0.4, -0.2) is 25.0 Å². The maximum Gasteiger partial charge on any atom is -0.00219 e. The molecular formula is C20H43N.